The molecule has 0 bridgehead atoms. The highest BCUT2D eigenvalue weighted by Crippen LogP contribution is 2.24. The summed E-state index contributed by atoms with van der Waals surface area (Å²) in [6, 6.07) is 7.24. The molecule has 0 saturated heterocycles. The second kappa shape index (κ2) is 2.75. The lowest BCUT2D eigenvalue weighted by molar-refractivity contribution is -0.110. The van der Waals surface area contributed by atoms with Crippen molar-refractivity contribution in [3.8, 4) is 0 Å². The van der Waals surface area contributed by atoms with Crippen LogP contribution in [0.3, 0.4) is 0 Å². The SMILES string of the molecule is O=C1Cc2ccccc2C(=O)S1. The predicted octanol–water partition coefficient (Wildman–Crippen LogP) is 1.64. The van der Waals surface area contributed by atoms with E-state index in [-0.39, 0.29) is 10.2 Å². The van der Waals surface area contributed by atoms with Crippen molar-refractivity contribution < 1.29 is 9.59 Å². The second-order valence-electron chi connectivity index (χ2n) is 2.60. The van der Waals surface area contributed by atoms with Crippen molar-refractivity contribution in [2.24, 2.45) is 0 Å². The monoisotopic (exact) mass is 178 g/mol. The first-order chi connectivity index (χ1) is 5.77. The Morgan fingerprint density at radius 3 is 2.75 bits per heavy atom. The third-order valence-corrected chi connectivity index (χ3v) is 2.56. The van der Waals surface area contributed by atoms with Crippen LogP contribution < -0.4 is 0 Å². The van der Waals surface area contributed by atoms with Gasteiger partial charge in [0.25, 0.3) is 0 Å². The summed E-state index contributed by atoms with van der Waals surface area (Å²) in [5.74, 6) is 0. The van der Waals surface area contributed by atoms with Gasteiger partial charge in [-0.25, -0.2) is 0 Å². The van der Waals surface area contributed by atoms with E-state index in [4.69, 9.17) is 0 Å². The molecule has 0 spiro atoms. The zero-order valence-electron chi connectivity index (χ0n) is 6.24. The molecule has 12 heavy (non-hydrogen) atoms. The molecule has 0 aliphatic carbocycles. The number of rotatable bonds is 0. The van der Waals surface area contributed by atoms with Crippen LogP contribution in [0.5, 0.6) is 0 Å². The summed E-state index contributed by atoms with van der Waals surface area (Å²) in [5.41, 5.74) is 1.54. The topological polar surface area (TPSA) is 34.1 Å². The average molecular weight is 178 g/mol. The third kappa shape index (κ3) is 1.16. The Morgan fingerprint density at radius 1 is 1.17 bits per heavy atom. The van der Waals surface area contributed by atoms with Gasteiger partial charge in [-0.05, 0) is 17.3 Å². The predicted molar refractivity (Wildman–Crippen MR) is 47.1 cm³/mol. The quantitative estimate of drug-likeness (QED) is 0.605. The van der Waals surface area contributed by atoms with Crippen LogP contribution >= 0.6 is 11.8 Å². The molecular formula is C9H6O2S. The lowest BCUT2D eigenvalue weighted by atomic mass is 10.1. The van der Waals surface area contributed by atoms with Gasteiger partial charge in [0.05, 0.1) is 0 Å². The van der Waals surface area contributed by atoms with Crippen molar-refractivity contribution in [1.29, 1.82) is 0 Å². The molecule has 0 atom stereocenters. The molecule has 0 aromatic heterocycles. The molecule has 2 rings (SSSR count). The Labute approximate surface area is 74.0 Å². The molecule has 0 amide bonds. The van der Waals surface area contributed by atoms with E-state index in [1.165, 1.54) is 0 Å². The standard InChI is InChI=1S/C9H6O2S/c10-8-5-6-3-1-2-4-7(6)9(11)12-8/h1-4H,5H2. The van der Waals surface area contributed by atoms with E-state index in [1.54, 1.807) is 6.07 Å². The number of hydrogen-bond donors (Lipinski definition) is 0. The molecular weight excluding hydrogens is 172 g/mol. The van der Waals surface area contributed by atoms with Crippen molar-refractivity contribution in [1.82, 2.24) is 0 Å². The number of benzene rings is 1. The Morgan fingerprint density at radius 2 is 1.92 bits per heavy atom. The number of hydrogen-bond acceptors (Lipinski definition) is 3. The van der Waals surface area contributed by atoms with Gasteiger partial charge in [0.2, 0.25) is 10.2 Å². The molecule has 0 radical (unpaired) electrons. The van der Waals surface area contributed by atoms with E-state index in [0.717, 1.165) is 17.3 Å². The van der Waals surface area contributed by atoms with Crippen LogP contribution in [0, 0.1) is 0 Å². The van der Waals surface area contributed by atoms with Crippen LogP contribution in [0.2, 0.25) is 0 Å². The van der Waals surface area contributed by atoms with E-state index in [9.17, 15) is 9.59 Å². The van der Waals surface area contributed by atoms with Crippen molar-refractivity contribution in [2.75, 3.05) is 0 Å². The maximum absolute atomic E-state index is 11.2. The Hall–Kier alpha value is -1.09. The molecule has 1 aromatic rings. The first-order valence-electron chi connectivity index (χ1n) is 3.60. The Balaban J connectivity index is 2.54. The van der Waals surface area contributed by atoms with E-state index >= 15 is 0 Å². The van der Waals surface area contributed by atoms with Crippen molar-refractivity contribution in [3.63, 3.8) is 0 Å². The molecule has 0 N–H and O–H groups in total. The molecule has 1 aliphatic heterocycles. The van der Waals surface area contributed by atoms with Gasteiger partial charge in [0, 0.05) is 12.0 Å². The fourth-order valence-electron chi connectivity index (χ4n) is 1.22. The van der Waals surface area contributed by atoms with Gasteiger partial charge >= 0.3 is 0 Å². The highest BCUT2D eigenvalue weighted by molar-refractivity contribution is 8.26. The fraction of sp³-hybridized carbons (Fsp3) is 0.111. The summed E-state index contributed by atoms with van der Waals surface area (Å²) in [6.07, 6.45) is 0.382. The first kappa shape index (κ1) is 7.55. The van der Waals surface area contributed by atoms with Gasteiger partial charge in [0.15, 0.2) is 0 Å². The number of fused-ring (bicyclic) bond motifs is 1. The zero-order valence-corrected chi connectivity index (χ0v) is 7.06. The van der Waals surface area contributed by atoms with E-state index in [1.807, 2.05) is 18.2 Å². The summed E-state index contributed by atoms with van der Waals surface area (Å²) < 4.78 is 0. The van der Waals surface area contributed by atoms with E-state index in [0.29, 0.717) is 12.0 Å². The van der Waals surface area contributed by atoms with Gasteiger partial charge in [-0.1, -0.05) is 24.3 Å². The fourth-order valence-corrected chi connectivity index (χ4v) is 1.97. The highest BCUT2D eigenvalue weighted by atomic mass is 32.2. The maximum atomic E-state index is 11.2. The van der Waals surface area contributed by atoms with Crippen LogP contribution in [-0.4, -0.2) is 10.2 Å². The minimum Gasteiger partial charge on any atom is -0.286 e. The van der Waals surface area contributed by atoms with Crippen molar-refractivity contribution >= 4 is 22.0 Å². The van der Waals surface area contributed by atoms with Gasteiger partial charge in [-0.2, -0.15) is 0 Å². The van der Waals surface area contributed by atoms with Crippen molar-refractivity contribution in [3.05, 3.63) is 35.4 Å². The molecule has 60 valence electrons. The molecule has 1 aliphatic rings. The van der Waals surface area contributed by atoms with Crippen LogP contribution in [-0.2, 0) is 11.2 Å². The van der Waals surface area contributed by atoms with Crippen molar-refractivity contribution in [2.45, 2.75) is 6.42 Å². The van der Waals surface area contributed by atoms with Gasteiger partial charge in [0.1, 0.15) is 0 Å². The molecule has 0 fully saturated rings. The normalized spacial score (nSPS) is 16.0. The van der Waals surface area contributed by atoms with Gasteiger partial charge in [-0.15, -0.1) is 0 Å². The number of carbonyl (C=O) groups excluding carboxylic acids is 2. The number of thioether (sulfide) groups is 1. The molecule has 3 heteroatoms. The van der Waals surface area contributed by atoms with Crippen LogP contribution in [0.15, 0.2) is 24.3 Å². The summed E-state index contributed by atoms with van der Waals surface area (Å²) in [4.78, 5) is 22.2. The first-order valence-corrected chi connectivity index (χ1v) is 4.42. The molecule has 2 nitrogen and oxygen atoms in total. The minimum absolute atomic E-state index is 0.0568. The summed E-state index contributed by atoms with van der Waals surface area (Å²) in [6.45, 7) is 0. The molecule has 0 unspecified atom stereocenters. The van der Waals surface area contributed by atoms with Gasteiger partial charge in [-0.3, -0.25) is 9.59 Å². The lowest BCUT2D eigenvalue weighted by Gasteiger charge is -2.11. The average Bonchev–Trinajstić information content (AvgIpc) is 2.04. The minimum atomic E-state index is -0.123. The smallest absolute Gasteiger partial charge is 0.227 e. The van der Waals surface area contributed by atoms with E-state index in [2.05, 4.69) is 0 Å². The zero-order chi connectivity index (χ0) is 8.55. The number of carbonyl (C=O) groups is 2. The largest absolute Gasteiger partial charge is 0.286 e. The third-order valence-electron chi connectivity index (χ3n) is 1.78. The van der Waals surface area contributed by atoms with Crippen LogP contribution in [0.4, 0.5) is 0 Å². The van der Waals surface area contributed by atoms with Crippen LogP contribution in [0.1, 0.15) is 15.9 Å². The highest BCUT2D eigenvalue weighted by Gasteiger charge is 2.22. The molecule has 0 saturated carbocycles. The molecule has 1 heterocycles. The maximum Gasteiger partial charge on any atom is 0.227 e. The molecule has 1 aromatic carbocycles. The summed E-state index contributed by atoms with van der Waals surface area (Å²) in [7, 11) is 0. The second-order valence-corrected chi connectivity index (χ2v) is 3.63. The van der Waals surface area contributed by atoms with Gasteiger partial charge < -0.3 is 0 Å². The Kier molecular flexibility index (Phi) is 1.73. The summed E-state index contributed by atoms with van der Waals surface area (Å²) in [5, 5.41) is -0.180. The summed E-state index contributed by atoms with van der Waals surface area (Å²) >= 11 is 0.806. The Bertz CT molecular complexity index is 357. The van der Waals surface area contributed by atoms with Crippen LogP contribution in [0.25, 0.3) is 0 Å². The lowest BCUT2D eigenvalue weighted by Crippen LogP contribution is -2.13. The van der Waals surface area contributed by atoms with E-state index < -0.39 is 0 Å².